The second-order valence-corrected chi connectivity index (χ2v) is 5.44. The summed E-state index contributed by atoms with van der Waals surface area (Å²) >= 11 is 12.3. The molecule has 0 saturated heterocycles. The molecule has 0 aromatic heterocycles. The molecule has 0 bridgehead atoms. The summed E-state index contributed by atoms with van der Waals surface area (Å²) in [5.41, 5.74) is 1.20. The molecule has 0 spiro atoms. The molecule has 16 heavy (non-hydrogen) atoms. The van der Waals surface area contributed by atoms with Gasteiger partial charge in [0.25, 0.3) is 0 Å². The van der Waals surface area contributed by atoms with Crippen molar-refractivity contribution in [3.63, 3.8) is 0 Å². The molecule has 1 nitrogen and oxygen atoms in total. The van der Waals surface area contributed by atoms with Crippen molar-refractivity contribution in [1.82, 2.24) is 0 Å². The van der Waals surface area contributed by atoms with Crippen molar-refractivity contribution >= 4 is 23.2 Å². The highest BCUT2D eigenvalue weighted by atomic mass is 35.5. The Labute approximate surface area is 107 Å². The molecule has 1 fully saturated rings. The first-order valence-electron chi connectivity index (χ1n) is 5.61. The molecular weight excluding hydrogens is 243 g/mol. The molecule has 1 aromatic carbocycles. The highest BCUT2D eigenvalue weighted by molar-refractivity contribution is 6.30. The number of methoxy groups -OCH3 is 1. The molecule has 3 atom stereocenters. The molecule has 3 unspecified atom stereocenters. The van der Waals surface area contributed by atoms with Crippen LogP contribution < -0.4 is 4.74 Å². The first-order chi connectivity index (χ1) is 7.63. The van der Waals surface area contributed by atoms with Gasteiger partial charge in [0.1, 0.15) is 5.75 Å². The summed E-state index contributed by atoms with van der Waals surface area (Å²) in [5, 5.41) is 1.04. The third kappa shape index (κ3) is 2.16. The fourth-order valence-corrected chi connectivity index (χ4v) is 3.03. The van der Waals surface area contributed by atoms with E-state index in [1.54, 1.807) is 7.11 Å². The van der Waals surface area contributed by atoms with E-state index in [0.717, 1.165) is 23.6 Å². The monoisotopic (exact) mass is 258 g/mol. The van der Waals surface area contributed by atoms with Crippen LogP contribution in [0.3, 0.4) is 0 Å². The predicted molar refractivity (Wildman–Crippen MR) is 68.8 cm³/mol. The Bertz CT molecular complexity index is 378. The SMILES string of the molecule is COc1ccc(Cl)cc1C1CCC(Cl)C1C. The maximum Gasteiger partial charge on any atom is 0.122 e. The van der Waals surface area contributed by atoms with E-state index in [-0.39, 0.29) is 5.38 Å². The Morgan fingerprint density at radius 3 is 2.62 bits per heavy atom. The molecule has 0 aliphatic heterocycles. The van der Waals surface area contributed by atoms with Crippen LogP contribution in [0, 0.1) is 5.92 Å². The molecule has 1 aromatic rings. The van der Waals surface area contributed by atoms with Gasteiger partial charge in [0.2, 0.25) is 0 Å². The van der Waals surface area contributed by atoms with Crippen molar-refractivity contribution in [1.29, 1.82) is 0 Å². The van der Waals surface area contributed by atoms with Gasteiger partial charge in [0.05, 0.1) is 7.11 Å². The van der Waals surface area contributed by atoms with Crippen LogP contribution in [0.15, 0.2) is 18.2 Å². The number of alkyl halides is 1. The van der Waals surface area contributed by atoms with Gasteiger partial charge in [-0.3, -0.25) is 0 Å². The maximum absolute atomic E-state index is 6.27. The van der Waals surface area contributed by atoms with Gasteiger partial charge in [0, 0.05) is 10.4 Å². The van der Waals surface area contributed by atoms with E-state index < -0.39 is 0 Å². The molecule has 1 aliphatic carbocycles. The molecule has 0 N–H and O–H groups in total. The van der Waals surface area contributed by atoms with Crippen LogP contribution in [0.25, 0.3) is 0 Å². The molecule has 0 amide bonds. The molecule has 0 radical (unpaired) electrons. The maximum atomic E-state index is 6.27. The van der Waals surface area contributed by atoms with E-state index in [2.05, 4.69) is 6.92 Å². The number of ether oxygens (including phenoxy) is 1. The summed E-state index contributed by atoms with van der Waals surface area (Å²) < 4.78 is 5.39. The van der Waals surface area contributed by atoms with Gasteiger partial charge in [-0.25, -0.2) is 0 Å². The quantitative estimate of drug-likeness (QED) is 0.712. The second kappa shape index (κ2) is 4.85. The normalized spacial score (nSPS) is 29.4. The number of hydrogen-bond acceptors (Lipinski definition) is 1. The highest BCUT2D eigenvalue weighted by Crippen LogP contribution is 2.45. The molecule has 88 valence electrons. The van der Waals surface area contributed by atoms with Gasteiger partial charge in [0.15, 0.2) is 0 Å². The number of halogens is 2. The van der Waals surface area contributed by atoms with Crippen LogP contribution in [0.5, 0.6) is 5.75 Å². The zero-order chi connectivity index (χ0) is 11.7. The zero-order valence-electron chi connectivity index (χ0n) is 9.54. The van der Waals surface area contributed by atoms with Crippen LogP contribution in [0.4, 0.5) is 0 Å². The lowest BCUT2D eigenvalue weighted by molar-refractivity contribution is 0.399. The van der Waals surface area contributed by atoms with E-state index in [0.29, 0.717) is 11.8 Å². The summed E-state index contributed by atoms with van der Waals surface area (Å²) in [6.07, 6.45) is 2.19. The number of rotatable bonds is 2. The Hall–Kier alpha value is -0.400. The minimum Gasteiger partial charge on any atom is -0.496 e. The van der Waals surface area contributed by atoms with E-state index in [9.17, 15) is 0 Å². The van der Waals surface area contributed by atoms with Crippen LogP contribution in [-0.4, -0.2) is 12.5 Å². The summed E-state index contributed by atoms with van der Waals surface area (Å²) in [6.45, 7) is 2.20. The third-order valence-corrected chi connectivity index (χ3v) is 4.40. The van der Waals surface area contributed by atoms with Gasteiger partial charge < -0.3 is 4.74 Å². The lowest BCUT2D eigenvalue weighted by Gasteiger charge is -2.20. The summed E-state index contributed by atoms with van der Waals surface area (Å²) in [6, 6.07) is 5.81. The Morgan fingerprint density at radius 2 is 2.06 bits per heavy atom. The van der Waals surface area contributed by atoms with Gasteiger partial charge in [-0.2, -0.15) is 0 Å². The minimum atomic E-state index is 0.272. The van der Waals surface area contributed by atoms with E-state index in [1.165, 1.54) is 5.56 Å². The van der Waals surface area contributed by atoms with Crippen molar-refractivity contribution in [2.75, 3.05) is 7.11 Å². The van der Waals surface area contributed by atoms with Crippen LogP contribution in [0.1, 0.15) is 31.2 Å². The largest absolute Gasteiger partial charge is 0.496 e. The third-order valence-electron chi connectivity index (χ3n) is 3.55. The lowest BCUT2D eigenvalue weighted by Crippen LogP contribution is -2.10. The van der Waals surface area contributed by atoms with Crippen molar-refractivity contribution < 1.29 is 4.74 Å². The fraction of sp³-hybridized carbons (Fsp3) is 0.538. The van der Waals surface area contributed by atoms with Crippen molar-refractivity contribution in [3.8, 4) is 5.75 Å². The van der Waals surface area contributed by atoms with E-state index in [4.69, 9.17) is 27.9 Å². The average Bonchev–Trinajstić information content (AvgIpc) is 2.60. The summed E-state index contributed by atoms with van der Waals surface area (Å²) in [4.78, 5) is 0. The van der Waals surface area contributed by atoms with Crippen molar-refractivity contribution in [3.05, 3.63) is 28.8 Å². The average molecular weight is 259 g/mol. The van der Waals surface area contributed by atoms with E-state index >= 15 is 0 Å². The summed E-state index contributed by atoms with van der Waals surface area (Å²) in [7, 11) is 1.70. The first-order valence-corrected chi connectivity index (χ1v) is 6.42. The van der Waals surface area contributed by atoms with Gasteiger partial charge in [-0.05, 0) is 48.4 Å². The van der Waals surface area contributed by atoms with Crippen LogP contribution >= 0.6 is 23.2 Å². The minimum absolute atomic E-state index is 0.272. The Morgan fingerprint density at radius 1 is 1.31 bits per heavy atom. The molecule has 3 heteroatoms. The van der Waals surface area contributed by atoms with E-state index in [1.807, 2.05) is 18.2 Å². The van der Waals surface area contributed by atoms with Crippen molar-refractivity contribution in [2.24, 2.45) is 5.92 Å². The van der Waals surface area contributed by atoms with Crippen LogP contribution in [0.2, 0.25) is 5.02 Å². The fourth-order valence-electron chi connectivity index (χ4n) is 2.55. The Balaban J connectivity index is 2.35. The predicted octanol–water partition coefficient (Wildman–Crippen LogP) is 4.47. The lowest BCUT2D eigenvalue weighted by atomic mass is 9.89. The molecular formula is C13H16Cl2O. The highest BCUT2D eigenvalue weighted by Gasteiger charge is 2.33. The van der Waals surface area contributed by atoms with Crippen LogP contribution in [-0.2, 0) is 0 Å². The first kappa shape index (κ1) is 12.1. The topological polar surface area (TPSA) is 9.23 Å². The standard InChI is InChI=1S/C13H16Cl2O/c1-8-10(4-5-12(8)15)11-7-9(14)3-6-13(11)16-2/h3,6-8,10,12H,4-5H2,1-2H3. The molecule has 1 aliphatic rings. The summed E-state index contributed by atoms with van der Waals surface area (Å²) in [5.74, 6) is 1.87. The number of hydrogen-bond donors (Lipinski definition) is 0. The smallest absolute Gasteiger partial charge is 0.122 e. The molecule has 1 saturated carbocycles. The van der Waals surface area contributed by atoms with Gasteiger partial charge in [-0.15, -0.1) is 11.6 Å². The second-order valence-electron chi connectivity index (χ2n) is 4.45. The zero-order valence-corrected chi connectivity index (χ0v) is 11.1. The van der Waals surface area contributed by atoms with Gasteiger partial charge in [-0.1, -0.05) is 18.5 Å². The Kier molecular flexibility index (Phi) is 3.66. The number of benzene rings is 1. The van der Waals surface area contributed by atoms with Gasteiger partial charge >= 0.3 is 0 Å². The van der Waals surface area contributed by atoms with Crippen molar-refractivity contribution in [2.45, 2.75) is 31.1 Å². The molecule has 2 rings (SSSR count). The molecule has 0 heterocycles.